The molecule has 19 heavy (non-hydrogen) atoms. The van der Waals surface area contributed by atoms with Gasteiger partial charge in [-0.1, -0.05) is 32.9 Å². The highest BCUT2D eigenvalue weighted by Gasteiger charge is 2.16. The molecule has 108 valence electrons. The quantitative estimate of drug-likeness (QED) is 0.584. The van der Waals surface area contributed by atoms with Crippen LogP contribution in [0.2, 0.25) is 0 Å². The lowest BCUT2D eigenvalue weighted by Crippen LogP contribution is -2.29. The lowest BCUT2D eigenvalue weighted by atomic mass is 9.90. The van der Waals surface area contributed by atoms with E-state index in [9.17, 15) is 0 Å². The number of methoxy groups -OCH3 is 1. The number of benzene rings is 1. The van der Waals surface area contributed by atoms with Gasteiger partial charge in [0.25, 0.3) is 0 Å². The zero-order valence-corrected chi connectivity index (χ0v) is 12.9. The Labute approximate surface area is 117 Å². The third kappa shape index (κ3) is 4.84. The Morgan fingerprint density at radius 1 is 1.21 bits per heavy atom. The van der Waals surface area contributed by atoms with Crippen LogP contribution in [0.5, 0.6) is 5.75 Å². The fraction of sp³-hybridized carbons (Fsp3) is 0.625. The summed E-state index contributed by atoms with van der Waals surface area (Å²) in [6, 6.07) is 6.49. The van der Waals surface area contributed by atoms with Crippen LogP contribution in [0.3, 0.4) is 0 Å². The van der Waals surface area contributed by atoms with Gasteiger partial charge in [0.05, 0.1) is 7.11 Å². The molecule has 2 atom stereocenters. The van der Waals surface area contributed by atoms with Gasteiger partial charge in [0.1, 0.15) is 5.75 Å². The van der Waals surface area contributed by atoms with Gasteiger partial charge in [-0.2, -0.15) is 0 Å². The van der Waals surface area contributed by atoms with E-state index in [2.05, 4.69) is 51.3 Å². The summed E-state index contributed by atoms with van der Waals surface area (Å²) in [7, 11) is 1.71. The lowest BCUT2D eigenvalue weighted by Gasteiger charge is -2.22. The van der Waals surface area contributed by atoms with Gasteiger partial charge in [-0.25, -0.2) is 0 Å². The van der Waals surface area contributed by atoms with Gasteiger partial charge in [-0.15, -0.1) is 0 Å². The van der Waals surface area contributed by atoms with Crippen LogP contribution in [0, 0.1) is 18.8 Å². The molecule has 2 unspecified atom stereocenters. The van der Waals surface area contributed by atoms with Crippen LogP contribution in [0.25, 0.3) is 0 Å². The third-order valence-corrected chi connectivity index (χ3v) is 3.55. The second kappa shape index (κ2) is 7.51. The van der Waals surface area contributed by atoms with Crippen molar-refractivity contribution in [2.45, 2.75) is 46.6 Å². The van der Waals surface area contributed by atoms with E-state index in [1.54, 1.807) is 7.11 Å². The van der Waals surface area contributed by atoms with Crippen LogP contribution in [0.4, 0.5) is 0 Å². The fourth-order valence-electron chi connectivity index (χ4n) is 2.66. The first kappa shape index (κ1) is 16.0. The molecule has 0 fully saturated rings. The van der Waals surface area contributed by atoms with E-state index in [0.29, 0.717) is 5.92 Å². The summed E-state index contributed by atoms with van der Waals surface area (Å²) in [5.41, 5.74) is 5.28. The Morgan fingerprint density at radius 2 is 1.89 bits per heavy atom. The summed E-state index contributed by atoms with van der Waals surface area (Å²) < 4.78 is 5.38. The first-order chi connectivity index (χ1) is 8.97. The van der Waals surface area contributed by atoms with Gasteiger partial charge >= 0.3 is 0 Å². The molecule has 1 rings (SSSR count). The van der Waals surface area contributed by atoms with Crippen LogP contribution < -0.4 is 16.0 Å². The molecule has 0 spiro atoms. The summed E-state index contributed by atoms with van der Waals surface area (Å²) in [6.45, 7) is 8.86. The molecule has 3 N–H and O–H groups in total. The average Bonchev–Trinajstić information content (AvgIpc) is 2.36. The number of rotatable bonds is 7. The maximum Gasteiger partial charge on any atom is 0.122 e. The van der Waals surface area contributed by atoms with Crippen molar-refractivity contribution in [3.05, 3.63) is 29.3 Å². The Hall–Kier alpha value is -1.06. The summed E-state index contributed by atoms with van der Waals surface area (Å²) >= 11 is 0. The second-order valence-corrected chi connectivity index (χ2v) is 5.92. The Balaban J connectivity index is 2.79. The largest absolute Gasteiger partial charge is 0.496 e. The summed E-state index contributed by atoms with van der Waals surface area (Å²) in [5.74, 6) is 8.02. The van der Waals surface area contributed by atoms with Crippen LogP contribution in [-0.2, 0) is 0 Å². The van der Waals surface area contributed by atoms with E-state index in [-0.39, 0.29) is 6.04 Å². The van der Waals surface area contributed by atoms with E-state index in [0.717, 1.165) is 23.7 Å². The molecule has 0 bridgehead atoms. The number of nitrogens with one attached hydrogen (secondary N) is 1. The van der Waals surface area contributed by atoms with Crippen molar-refractivity contribution in [1.82, 2.24) is 5.43 Å². The molecular weight excluding hydrogens is 236 g/mol. The summed E-state index contributed by atoms with van der Waals surface area (Å²) in [5, 5.41) is 0. The molecule has 0 saturated heterocycles. The van der Waals surface area contributed by atoms with Crippen LogP contribution in [-0.4, -0.2) is 7.11 Å². The van der Waals surface area contributed by atoms with E-state index in [4.69, 9.17) is 10.6 Å². The normalized spacial score (nSPS) is 14.5. The molecule has 3 nitrogen and oxygen atoms in total. The fourth-order valence-corrected chi connectivity index (χ4v) is 2.66. The number of ether oxygens (including phenoxy) is 1. The van der Waals surface area contributed by atoms with Crippen molar-refractivity contribution in [2.75, 3.05) is 7.11 Å². The second-order valence-electron chi connectivity index (χ2n) is 5.92. The Morgan fingerprint density at radius 3 is 2.42 bits per heavy atom. The molecular formula is C16H28N2O. The van der Waals surface area contributed by atoms with Crippen molar-refractivity contribution in [3.8, 4) is 5.75 Å². The van der Waals surface area contributed by atoms with Crippen molar-refractivity contribution in [3.63, 3.8) is 0 Å². The smallest absolute Gasteiger partial charge is 0.122 e. The highest BCUT2D eigenvalue weighted by Crippen LogP contribution is 2.28. The molecule has 0 aliphatic carbocycles. The first-order valence-corrected chi connectivity index (χ1v) is 7.08. The number of hydrogen-bond donors (Lipinski definition) is 2. The molecule has 0 aliphatic rings. The summed E-state index contributed by atoms with van der Waals surface area (Å²) in [4.78, 5) is 0. The van der Waals surface area contributed by atoms with E-state index in [1.165, 1.54) is 12.0 Å². The minimum absolute atomic E-state index is 0.184. The molecule has 3 heteroatoms. The zero-order valence-electron chi connectivity index (χ0n) is 12.9. The SMILES string of the molecule is COc1cc(C(CC(C)CC(C)C)NN)ccc1C. The molecule has 0 radical (unpaired) electrons. The molecule has 1 aromatic carbocycles. The van der Waals surface area contributed by atoms with Gasteiger partial charge in [0.2, 0.25) is 0 Å². The molecule has 0 saturated carbocycles. The number of nitrogens with two attached hydrogens (primary N) is 1. The summed E-state index contributed by atoms with van der Waals surface area (Å²) in [6.07, 6.45) is 2.27. The Bertz CT molecular complexity index is 390. The highest BCUT2D eigenvalue weighted by atomic mass is 16.5. The first-order valence-electron chi connectivity index (χ1n) is 7.08. The van der Waals surface area contributed by atoms with Crippen molar-refractivity contribution >= 4 is 0 Å². The molecule has 0 heterocycles. The van der Waals surface area contributed by atoms with Crippen LogP contribution in [0.15, 0.2) is 18.2 Å². The Kier molecular flexibility index (Phi) is 6.32. The zero-order chi connectivity index (χ0) is 14.4. The van der Waals surface area contributed by atoms with Crippen molar-refractivity contribution in [1.29, 1.82) is 0 Å². The maximum atomic E-state index is 5.72. The third-order valence-electron chi connectivity index (χ3n) is 3.55. The van der Waals surface area contributed by atoms with Gasteiger partial charge < -0.3 is 4.74 Å². The minimum Gasteiger partial charge on any atom is -0.496 e. The maximum absolute atomic E-state index is 5.72. The average molecular weight is 264 g/mol. The van der Waals surface area contributed by atoms with E-state index < -0.39 is 0 Å². The van der Waals surface area contributed by atoms with Crippen LogP contribution >= 0.6 is 0 Å². The number of hydrogen-bond acceptors (Lipinski definition) is 3. The van der Waals surface area contributed by atoms with Crippen LogP contribution in [0.1, 0.15) is 50.8 Å². The van der Waals surface area contributed by atoms with Gasteiger partial charge in [-0.05, 0) is 48.8 Å². The number of hydrazine groups is 1. The molecule has 1 aromatic rings. The topological polar surface area (TPSA) is 47.3 Å². The van der Waals surface area contributed by atoms with E-state index >= 15 is 0 Å². The van der Waals surface area contributed by atoms with Gasteiger partial charge in [0.15, 0.2) is 0 Å². The van der Waals surface area contributed by atoms with Gasteiger partial charge in [0, 0.05) is 6.04 Å². The van der Waals surface area contributed by atoms with Crippen molar-refractivity contribution in [2.24, 2.45) is 17.7 Å². The predicted octanol–water partition coefficient (Wildman–Crippen LogP) is 3.58. The molecule has 0 amide bonds. The predicted molar refractivity (Wildman–Crippen MR) is 81.0 cm³/mol. The van der Waals surface area contributed by atoms with Gasteiger partial charge in [-0.3, -0.25) is 11.3 Å². The lowest BCUT2D eigenvalue weighted by molar-refractivity contribution is 0.357. The van der Waals surface area contributed by atoms with E-state index in [1.807, 2.05) is 0 Å². The molecule has 0 aliphatic heterocycles. The molecule has 0 aromatic heterocycles. The minimum atomic E-state index is 0.184. The standard InChI is InChI=1S/C16H28N2O/c1-11(2)8-12(3)9-15(18-17)14-7-6-13(4)16(10-14)19-5/h6-7,10-12,15,18H,8-9,17H2,1-5H3. The highest BCUT2D eigenvalue weighted by molar-refractivity contribution is 5.37. The number of aryl methyl sites for hydroxylation is 1. The van der Waals surface area contributed by atoms with Crippen molar-refractivity contribution < 1.29 is 4.74 Å². The monoisotopic (exact) mass is 264 g/mol.